The highest BCUT2D eigenvalue weighted by Crippen LogP contribution is 2.23. The van der Waals surface area contributed by atoms with E-state index in [0.717, 1.165) is 21.3 Å². The van der Waals surface area contributed by atoms with Gasteiger partial charge in [0.2, 0.25) is 0 Å². The summed E-state index contributed by atoms with van der Waals surface area (Å²) < 4.78 is 1.03. The Kier molecular flexibility index (Phi) is 2.68. The number of anilines is 1. The molecule has 2 rings (SSSR count). The first kappa shape index (κ1) is 10.1. The van der Waals surface area contributed by atoms with Crippen LogP contribution in [0.1, 0.15) is 5.56 Å². The van der Waals surface area contributed by atoms with Gasteiger partial charge >= 0.3 is 0 Å². The lowest BCUT2D eigenvalue weighted by molar-refractivity contribution is 1.03. The summed E-state index contributed by atoms with van der Waals surface area (Å²) >= 11 is 3.43. The molecule has 3 nitrogen and oxygen atoms in total. The van der Waals surface area contributed by atoms with Crippen molar-refractivity contribution in [2.45, 2.75) is 6.92 Å². The van der Waals surface area contributed by atoms with Crippen molar-refractivity contribution in [1.82, 2.24) is 10.2 Å². The number of hydrogen-bond acceptors (Lipinski definition) is 3. The van der Waals surface area contributed by atoms with Crippen LogP contribution in [0.3, 0.4) is 0 Å². The van der Waals surface area contributed by atoms with Crippen LogP contribution in [0, 0.1) is 6.92 Å². The number of rotatable bonds is 1. The maximum Gasteiger partial charge on any atom is 0.146 e. The van der Waals surface area contributed by atoms with Crippen molar-refractivity contribution in [3.63, 3.8) is 0 Å². The lowest BCUT2D eigenvalue weighted by Gasteiger charge is -2.04. The Balaban J connectivity index is 2.54. The van der Waals surface area contributed by atoms with Gasteiger partial charge in [0.25, 0.3) is 0 Å². The molecular formula is C11H10BrN3. The molecule has 0 fully saturated rings. The van der Waals surface area contributed by atoms with E-state index in [0.29, 0.717) is 5.82 Å². The van der Waals surface area contributed by atoms with Gasteiger partial charge in [-0.25, -0.2) is 0 Å². The van der Waals surface area contributed by atoms with Crippen LogP contribution in [-0.2, 0) is 0 Å². The van der Waals surface area contributed by atoms with E-state index < -0.39 is 0 Å². The van der Waals surface area contributed by atoms with E-state index in [1.165, 1.54) is 0 Å². The first-order valence-corrected chi connectivity index (χ1v) is 5.32. The summed E-state index contributed by atoms with van der Waals surface area (Å²) in [7, 11) is 0. The van der Waals surface area contributed by atoms with Crippen LogP contribution in [0.5, 0.6) is 0 Å². The summed E-state index contributed by atoms with van der Waals surface area (Å²) in [5.74, 6) is 0.450. The van der Waals surface area contributed by atoms with Gasteiger partial charge in [-0.3, -0.25) is 0 Å². The zero-order chi connectivity index (χ0) is 10.8. The zero-order valence-corrected chi connectivity index (χ0v) is 9.82. The monoisotopic (exact) mass is 263 g/mol. The molecule has 4 heteroatoms. The van der Waals surface area contributed by atoms with Crippen molar-refractivity contribution in [3.05, 3.63) is 40.4 Å². The molecular weight excluding hydrogens is 254 g/mol. The Labute approximate surface area is 96.5 Å². The average Bonchev–Trinajstić information content (AvgIpc) is 2.17. The minimum Gasteiger partial charge on any atom is -0.382 e. The molecule has 2 aromatic rings. The van der Waals surface area contributed by atoms with Gasteiger partial charge in [-0.2, -0.15) is 0 Å². The van der Waals surface area contributed by atoms with E-state index in [1.54, 1.807) is 0 Å². The van der Waals surface area contributed by atoms with E-state index in [9.17, 15) is 0 Å². The molecule has 0 amide bonds. The average molecular weight is 264 g/mol. The van der Waals surface area contributed by atoms with Crippen LogP contribution < -0.4 is 5.73 Å². The maximum absolute atomic E-state index is 5.55. The molecule has 76 valence electrons. The minimum atomic E-state index is 0.450. The molecule has 0 saturated carbocycles. The number of nitrogens with two attached hydrogens (primary N) is 1. The van der Waals surface area contributed by atoms with Gasteiger partial charge in [-0.05, 0) is 30.7 Å². The Morgan fingerprint density at radius 3 is 2.67 bits per heavy atom. The largest absolute Gasteiger partial charge is 0.382 e. The Bertz CT molecular complexity index is 497. The fourth-order valence-electron chi connectivity index (χ4n) is 1.43. The van der Waals surface area contributed by atoms with Crippen LogP contribution in [0.2, 0.25) is 0 Å². The second kappa shape index (κ2) is 3.98. The summed E-state index contributed by atoms with van der Waals surface area (Å²) in [6, 6.07) is 9.77. The van der Waals surface area contributed by atoms with Crippen molar-refractivity contribution in [2.75, 3.05) is 5.73 Å². The molecule has 1 heterocycles. The van der Waals surface area contributed by atoms with Crippen LogP contribution in [0.4, 0.5) is 5.82 Å². The lowest BCUT2D eigenvalue weighted by Crippen LogP contribution is -1.97. The normalized spacial score (nSPS) is 10.3. The molecule has 0 unspecified atom stereocenters. The van der Waals surface area contributed by atoms with Crippen molar-refractivity contribution >= 4 is 21.7 Å². The first-order valence-electron chi connectivity index (χ1n) is 4.52. The summed E-state index contributed by atoms with van der Waals surface area (Å²) in [5, 5.41) is 7.95. The van der Waals surface area contributed by atoms with E-state index in [-0.39, 0.29) is 0 Å². The number of aryl methyl sites for hydroxylation is 1. The van der Waals surface area contributed by atoms with Gasteiger partial charge in [0.05, 0.1) is 5.69 Å². The van der Waals surface area contributed by atoms with Gasteiger partial charge < -0.3 is 5.73 Å². The van der Waals surface area contributed by atoms with Crippen molar-refractivity contribution < 1.29 is 0 Å². The third-order valence-corrected chi connectivity index (χ3v) is 2.59. The fraction of sp³-hybridized carbons (Fsp3) is 0.0909. The van der Waals surface area contributed by atoms with Gasteiger partial charge in [0.15, 0.2) is 0 Å². The molecule has 0 aliphatic carbocycles. The number of halogens is 1. The highest BCUT2D eigenvalue weighted by molar-refractivity contribution is 9.10. The summed E-state index contributed by atoms with van der Waals surface area (Å²) in [6.07, 6.45) is 0. The maximum atomic E-state index is 5.55. The SMILES string of the molecule is Cc1cc(N)nnc1-c1cccc(Br)c1. The summed E-state index contributed by atoms with van der Waals surface area (Å²) in [6.45, 7) is 1.97. The van der Waals surface area contributed by atoms with Crippen LogP contribution >= 0.6 is 15.9 Å². The van der Waals surface area contributed by atoms with Crippen molar-refractivity contribution in [1.29, 1.82) is 0 Å². The van der Waals surface area contributed by atoms with Crippen LogP contribution in [0.25, 0.3) is 11.3 Å². The Morgan fingerprint density at radius 1 is 1.20 bits per heavy atom. The fourth-order valence-corrected chi connectivity index (χ4v) is 1.83. The lowest BCUT2D eigenvalue weighted by atomic mass is 10.1. The van der Waals surface area contributed by atoms with Crippen molar-refractivity contribution in [3.8, 4) is 11.3 Å². The van der Waals surface area contributed by atoms with Gasteiger partial charge in [0.1, 0.15) is 5.82 Å². The Hall–Kier alpha value is -1.42. The quantitative estimate of drug-likeness (QED) is 0.861. The third-order valence-electron chi connectivity index (χ3n) is 2.10. The molecule has 1 aromatic heterocycles. The predicted octanol–water partition coefficient (Wildman–Crippen LogP) is 2.80. The van der Waals surface area contributed by atoms with Gasteiger partial charge in [-0.15, -0.1) is 10.2 Å². The first-order chi connectivity index (χ1) is 7.16. The molecule has 0 spiro atoms. The molecule has 0 radical (unpaired) electrons. The highest BCUT2D eigenvalue weighted by Gasteiger charge is 2.04. The van der Waals surface area contributed by atoms with Crippen molar-refractivity contribution in [2.24, 2.45) is 0 Å². The van der Waals surface area contributed by atoms with E-state index in [2.05, 4.69) is 26.1 Å². The third kappa shape index (κ3) is 2.15. The number of aromatic nitrogens is 2. The molecule has 0 aliphatic rings. The second-order valence-electron chi connectivity index (χ2n) is 3.31. The standard InChI is InChI=1S/C11H10BrN3/c1-7-5-10(13)14-15-11(7)8-3-2-4-9(12)6-8/h2-6H,1H3,(H2,13,14). The predicted molar refractivity (Wildman–Crippen MR) is 64.3 cm³/mol. The highest BCUT2D eigenvalue weighted by atomic mass is 79.9. The number of benzene rings is 1. The summed E-state index contributed by atoms with van der Waals surface area (Å²) in [4.78, 5) is 0. The number of hydrogen-bond donors (Lipinski definition) is 1. The molecule has 0 atom stereocenters. The smallest absolute Gasteiger partial charge is 0.146 e. The molecule has 15 heavy (non-hydrogen) atoms. The molecule has 2 N–H and O–H groups in total. The van der Waals surface area contributed by atoms with E-state index >= 15 is 0 Å². The van der Waals surface area contributed by atoms with Crippen LogP contribution in [-0.4, -0.2) is 10.2 Å². The topological polar surface area (TPSA) is 51.8 Å². The Morgan fingerprint density at radius 2 is 2.00 bits per heavy atom. The molecule has 1 aromatic carbocycles. The number of nitrogens with zero attached hydrogens (tertiary/aromatic N) is 2. The van der Waals surface area contributed by atoms with Gasteiger partial charge in [0, 0.05) is 10.0 Å². The minimum absolute atomic E-state index is 0.450. The molecule has 0 saturated heterocycles. The summed E-state index contributed by atoms with van der Waals surface area (Å²) in [5.41, 5.74) is 8.48. The molecule has 0 aliphatic heterocycles. The van der Waals surface area contributed by atoms with Gasteiger partial charge in [-0.1, -0.05) is 28.1 Å². The second-order valence-corrected chi connectivity index (χ2v) is 4.23. The number of nitrogen functional groups attached to an aromatic ring is 1. The van der Waals surface area contributed by atoms with Crippen LogP contribution in [0.15, 0.2) is 34.8 Å². The molecule has 0 bridgehead atoms. The van der Waals surface area contributed by atoms with E-state index in [4.69, 9.17) is 5.73 Å². The zero-order valence-electron chi connectivity index (χ0n) is 8.24. The van der Waals surface area contributed by atoms with E-state index in [1.807, 2.05) is 37.3 Å².